The molecule has 0 spiro atoms. The van der Waals surface area contributed by atoms with E-state index in [-0.39, 0.29) is 5.91 Å². The zero-order chi connectivity index (χ0) is 16.8. The molecule has 0 fully saturated rings. The Kier molecular flexibility index (Phi) is 5.93. The molecular formula is C18H21NO3S. The third-order valence-electron chi connectivity index (χ3n) is 3.59. The molecule has 0 bridgehead atoms. The third kappa shape index (κ3) is 4.20. The summed E-state index contributed by atoms with van der Waals surface area (Å²) < 4.78 is 10.6. The Hall–Kier alpha value is -2.14. The number of methoxy groups -OCH3 is 2. The van der Waals surface area contributed by atoms with E-state index >= 15 is 0 Å². The van der Waals surface area contributed by atoms with Crippen molar-refractivity contribution in [2.45, 2.75) is 11.4 Å². The minimum absolute atomic E-state index is 0.0180. The molecule has 0 heterocycles. The zero-order valence-electron chi connectivity index (χ0n) is 13.8. The van der Waals surface area contributed by atoms with Crippen molar-refractivity contribution < 1.29 is 14.3 Å². The molecule has 2 rings (SSSR count). The van der Waals surface area contributed by atoms with E-state index in [1.54, 1.807) is 37.9 Å². The lowest BCUT2D eigenvalue weighted by Gasteiger charge is -2.19. The fourth-order valence-corrected chi connectivity index (χ4v) is 2.67. The zero-order valence-corrected chi connectivity index (χ0v) is 14.6. The van der Waals surface area contributed by atoms with E-state index < -0.39 is 0 Å². The first-order valence-corrected chi connectivity index (χ1v) is 8.42. The molecule has 0 unspecified atom stereocenters. The molecule has 0 saturated heterocycles. The number of nitrogens with zero attached hydrogens (tertiary/aromatic N) is 1. The van der Waals surface area contributed by atoms with E-state index in [9.17, 15) is 4.79 Å². The minimum atomic E-state index is -0.0180. The van der Waals surface area contributed by atoms with Gasteiger partial charge in [-0.15, -0.1) is 11.8 Å². The van der Waals surface area contributed by atoms with Crippen LogP contribution >= 0.6 is 11.8 Å². The van der Waals surface area contributed by atoms with Crippen LogP contribution in [0.5, 0.6) is 11.5 Å². The van der Waals surface area contributed by atoms with Gasteiger partial charge in [0.25, 0.3) is 5.91 Å². The van der Waals surface area contributed by atoms with Gasteiger partial charge in [-0.3, -0.25) is 4.79 Å². The van der Waals surface area contributed by atoms with E-state index in [0.717, 1.165) is 16.2 Å². The van der Waals surface area contributed by atoms with Crippen molar-refractivity contribution >= 4 is 17.7 Å². The van der Waals surface area contributed by atoms with Crippen molar-refractivity contribution in [2.75, 3.05) is 27.5 Å². The Morgan fingerprint density at radius 3 is 2.35 bits per heavy atom. The monoisotopic (exact) mass is 331 g/mol. The van der Waals surface area contributed by atoms with Crippen molar-refractivity contribution in [3.63, 3.8) is 0 Å². The van der Waals surface area contributed by atoms with Gasteiger partial charge in [0.2, 0.25) is 0 Å². The van der Waals surface area contributed by atoms with Crippen LogP contribution in [0.4, 0.5) is 0 Å². The predicted molar refractivity (Wildman–Crippen MR) is 93.6 cm³/mol. The summed E-state index contributed by atoms with van der Waals surface area (Å²) >= 11 is 1.66. The second-order valence-corrected chi connectivity index (χ2v) is 5.95. The molecule has 0 atom stereocenters. The van der Waals surface area contributed by atoms with Crippen LogP contribution in [0.2, 0.25) is 0 Å². The fourth-order valence-electron chi connectivity index (χ4n) is 2.26. The van der Waals surface area contributed by atoms with Gasteiger partial charge in [-0.05, 0) is 42.7 Å². The first-order chi connectivity index (χ1) is 11.1. The summed E-state index contributed by atoms with van der Waals surface area (Å²) in [6.07, 6.45) is 2.01. The molecule has 0 aliphatic rings. The molecule has 4 nitrogen and oxygen atoms in total. The van der Waals surface area contributed by atoms with Gasteiger partial charge in [-0.2, -0.15) is 0 Å². The summed E-state index contributed by atoms with van der Waals surface area (Å²) in [4.78, 5) is 15.3. The van der Waals surface area contributed by atoms with Crippen molar-refractivity contribution in [3.05, 3.63) is 53.6 Å². The van der Waals surface area contributed by atoms with E-state index in [0.29, 0.717) is 17.9 Å². The van der Waals surface area contributed by atoms with E-state index in [1.807, 2.05) is 48.7 Å². The van der Waals surface area contributed by atoms with Crippen molar-refractivity contribution in [2.24, 2.45) is 0 Å². The number of benzene rings is 2. The number of carbonyl (C=O) groups excluding carboxylic acids is 1. The number of hydrogen-bond donors (Lipinski definition) is 0. The van der Waals surface area contributed by atoms with Crippen LogP contribution in [0.1, 0.15) is 15.9 Å². The van der Waals surface area contributed by atoms with Gasteiger partial charge >= 0.3 is 0 Å². The van der Waals surface area contributed by atoms with Crippen molar-refractivity contribution in [1.82, 2.24) is 4.90 Å². The van der Waals surface area contributed by atoms with Crippen LogP contribution in [0.25, 0.3) is 0 Å². The van der Waals surface area contributed by atoms with Crippen LogP contribution in [0.15, 0.2) is 47.4 Å². The van der Waals surface area contributed by atoms with Crippen molar-refractivity contribution in [3.8, 4) is 11.5 Å². The summed E-state index contributed by atoms with van der Waals surface area (Å²) in [5, 5.41) is 0. The van der Waals surface area contributed by atoms with Crippen LogP contribution in [-0.2, 0) is 6.54 Å². The van der Waals surface area contributed by atoms with Gasteiger partial charge < -0.3 is 14.4 Å². The fraction of sp³-hybridized carbons (Fsp3) is 0.278. The number of hydrogen-bond acceptors (Lipinski definition) is 4. The molecule has 0 N–H and O–H groups in total. The molecule has 0 aromatic heterocycles. The average Bonchev–Trinajstić information content (AvgIpc) is 2.61. The summed E-state index contributed by atoms with van der Waals surface area (Å²) in [5.41, 5.74) is 1.61. The number of carbonyl (C=O) groups is 1. The molecule has 0 aliphatic heterocycles. The molecule has 23 heavy (non-hydrogen) atoms. The van der Waals surface area contributed by atoms with Gasteiger partial charge in [0.05, 0.1) is 14.2 Å². The highest BCUT2D eigenvalue weighted by Gasteiger charge is 2.14. The van der Waals surface area contributed by atoms with E-state index in [1.165, 1.54) is 0 Å². The average molecular weight is 331 g/mol. The van der Waals surface area contributed by atoms with Gasteiger partial charge in [-0.25, -0.2) is 0 Å². The summed E-state index contributed by atoms with van der Waals surface area (Å²) in [6, 6.07) is 13.2. The molecule has 122 valence electrons. The Morgan fingerprint density at radius 1 is 1.09 bits per heavy atom. The smallest absolute Gasteiger partial charge is 0.253 e. The molecule has 0 aliphatic carbocycles. The molecule has 0 radical (unpaired) electrons. The minimum Gasteiger partial charge on any atom is -0.497 e. The maximum Gasteiger partial charge on any atom is 0.253 e. The lowest BCUT2D eigenvalue weighted by Crippen LogP contribution is -2.26. The number of rotatable bonds is 6. The number of thioether (sulfide) groups is 1. The molecular weight excluding hydrogens is 310 g/mol. The number of ether oxygens (including phenoxy) is 2. The molecule has 2 aromatic carbocycles. The Balaban J connectivity index is 2.14. The maximum atomic E-state index is 12.5. The lowest BCUT2D eigenvalue weighted by atomic mass is 10.1. The highest BCUT2D eigenvalue weighted by Crippen LogP contribution is 2.26. The summed E-state index contributed by atoms with van der Waals surface area (Å²) in [7, 11) is 5.01. The Bertz CT molecular complexity index is 670. The van der Waals surface area contributed by atoms with Crippen LogP contribution in [-0.4, -0.2) is 38.3 Å². The van der Waals surface area contributed by atoms with E-state index in [4.69, 9.17) is 9.47 Å². The largest absolute Gasteiger partial charge is 0.497 e. The first kappa shape index (κ1) is 17.2. The van der Waals surface area contributed by atoms with Crippen LogP contribution < -0.4 is 9.47 Å². The standard InChI is InChI=1S/C18H21NO3S/c1-19(18(20)13-6-9-16(23-4)10-7-13)12-14-5-8-15(21-2)11-17(14)22-3/h5-11H,12H2,1-4H3. The highest BCUT2D eigenvalue weighted by atomic mass is 32.2. The van der Waals surface area contributed by atoms with Gasteiger partial charge in [0.1, 0.15) is 11.5 Å². The number of amides is 1. The second-order valence-electron chi connectivity index (χ2n) is 5.07. The van der Waals surface area contributed by atoms with Gasteiger partial charge in [0.15, 0.2) is 0 Å². The topological polar surface area (TPSA) is 38.8 Å². The Labute approximate surface area is 141 Å². The van der Waals surface area contributed by atoms with Gasteiger partial charge in [0, 0.05) is 35.7 Å². The van der Waals surface area contributed by atoms with Crippen molar-refractivity contribution in [1.29, 1.82) is 0 Å². The van der Waals surface area contributed by atoms with Crippen LogP contribution in [0, 0.1) is 0 Å². The molecule has 2 aromatic rings. The third-order valence-corrected chi connectivity index (χ3v) is 4.33. The maximum absolute atomic E-state index is 12.5. The molecule has 5 heteroatoms. The highest BCUT2D eigenvalue weighted by molar-refractivity contribution is 7.98. The molecule has 0 saturated carbocycles. The SMILES string of the molecule is COc1ccc(CN(C)C(=O)c2ccc(SC)cc2)c(OC)c1. The van der Waals surface area contributed by atoms with Gasteiger partial charge in [-0.1, -0.05) is 0 Å². The second kappa shape index (κ2) is 7.92. The van der Waals surface area contributed by atoms with E-state index in [2.05, 4.69) is 0 Å². The summed E-state index contributed by atoms with van der Waals surface area (Å²) in [6.45, 7) is 0.469. The summed E-state index contributed by atoms with van der Waals surface area (Å²) in [5.74, 6) is 1.42. The predicted octanol–water partition coefficient (Wildman–Crippen LogP) is 3.70. The lowest BCUT2D eigenvalue weighted by molar-refractivity contribution is 0.0784. The molecule has 1 amide bonds. The van der Waals surface area contributed by atoms with Crippen LogP contribution in [0.3, 0.4) is 0 Å². The Morgan fingerprint density at radius 2 is 1.78 bits per heavy atom. The normalized spacial score (nSPS) is 10.3. The first-order valence-electron chi connectivity index (χ1n) is 7.19. The quantitative estimate of drug-likeness (QED) is 0.757.